The maximum atomic E-state index is 11.6. The lowest BCUT2D eigenvalue weighted by Crippen LogP contribution is -1.99. The van der Waals surface area contributed by atoms with Gasteiger partial charge >= 0.3 is 0 Å². The van der Waals surface area contributed by atoms with Gasteiger partial charge in [0, 0.05) is 29.8 Å². The molecule has 0 atom stereocenters. The molecule has 90 valence electrons. The van der Waals surface area contributed by atoms with Gasteiger partial charge in [0.15, 0.2) is 5.78 Å². The molecule has 0 spiro atoms. The summed E-state index contributed by atoms with van der Waals surface area (Å²) >= 11 is 0. The van der Waals surface area contributed by atoms with Gasteiger partial charge in [-0.3, -0.25) is 4.79 Å². The van der Waals surface area contributed by atoms with Gasteiger partial charge in [-0.1, -0.05) is 0 Å². The highest BCUT2D eigenvalue weighted by Gasteiger charge is 2.11. The van der Waals surface area contributed by atoms with E-state index in [0.717, 1.165) is 28.8 Å². The molecule has 0 fully saturated rings. The number of ketones is 1. The van der Waals surface area contributed by atoms with Crippen molar-refractivity contribution >= 4 is 16.7 Å². The first-order valence-electron chi connectivity index (χ1n) is 5.94. The lowest BCUT2D eigenvalue weighted by molar-refractivity contribution is 0.101. The molecule has 0 bridgehead atoms. The van der Waals surface area contributed by atoms with Crippen LogP contribution in [0.1, 0.15) is 31.1 Å². The molecule has 0 radical (unpaired) electrons. The Labute approximate surface area is 101 Å². The van der Waals surface area contributed by atoms with Crippen molar-refractivity contribution in [2.45, 2.75) is 27.3 Å². The molecule has 0 N–H and O–H groups in total. The molecule has 1 aromatic heterocycles. The summed E-state index contributed by atoms with van der Waals surface area (Å²) in [7, 11) is 0. The summed E-state index contributed by atoms with van der Waals surface area (Å²) < 4.78 is 7.62. The van der Waals surface area contributed by atoms with Crippen molar-refractivity contribution in [1.29, 1.82) is 0 Å². The number of aryl methyl sites for hydroxylation is 1. The van der Waals surface area contributed by atoms with Crippen molar-refractivity contribution in [3.8, 4) is 5.75 Å². The lowest BCUT2D eigenvalue weighted by atomic mass is 10.1. The minimum atomic E-state index is 0.0745. The van der Waals surface area contributed by atoms with E-state index in [4.69, 9.17) is 4.74 Å². The molecule has 1 aromatic carbocycles. The molecule has 0 aliphatic carbocycles. The van der Waals surface area contributed by atoms with E-state index in [-0.39, 0.29) is 5.78 Å². The predicted octanol–water partition coefficient (Wildman–Crippen LogP) is 3.26. The molecule has 0 unspecified atom stereocenters. The third-order valence-electron chi connectivity index (χ3n) is 2.89. The van der Waals surface area contributed by atoms with Gasteiger partial charge in [-0.25, -0.2) is 0 Å². The standard InChI is InChI=1S/C14H17NO2/c1-4-15-7-6-12-13(10(3)16)8-11(17-5-2)9-14(12)15/h6-9H,4-5H2,1-3H3. The average Bonchev–Trinajstić information content (AvgIpc) is 2.71. The third kappa shape index (κ3) is 2.05. The van der Waals surface area contributed by atoms with E-state index in [1.54, 1.807) is 6.92 Å². The van der Waals surface area contributed by atoms with E-state index >= 15 is 0 Å². The molecule has 0 aliphatic heterocycles. The van der Waals surface area contributed by atoms with Gasteiger partial charge in [0.25, 0.3) is 0 Å². The fraction of sp³-hybridized carbons (Fsp3) is 0.357. The zero-order valence-electron chi connectivity index (χ0n) is 10.5. The summed E-state index contributed by atoms with van der Waals surface area (Å²) in [5.74, 6) is 0.837. The van der Waals surface area contributed by atoms with Crippen LogP contribution in [-0.4, -0.2) is 17.0 Å². The number of rotatable bonds is 4. The minimum Gasteiger partial charge on any atom is -0.494 e. The van der Waals surface area contributed by atoms with Crippen LogP contribution in [0.5, 0.6) is 5.75 Å². The normalized spacial score (nSPS) is 10.8. The van der Waals surface area contributed by atoms with Gasteiger partial charge in [-0.05, 0) is 32.9 Å². The Hall–Kier alpha value is -1.77. The van der Waals surface area contributed by atoms with Crippen LogP contribution in [0.4, 0.5) is 0 Å². The fourth-order valence-corrected chi connectivity index (χ4v) is 2.09. The quantitative estimate of drug-likeness (QED) is 0.756. The summed E-state index contributed by atoms with van der Waals surface area (Å²) in [6.45, 7) is 7.11. The molecule has 3 nitrogen and oxygen atoms in total. The molecule has 3 heteroatoms. The monoisotopic (exact) mass is 231 g/mol. The molecule has 2 aromatic rings. The van der Waals surface area contributed by atoms with Gasteiger partial charge < -0.3 is 9.30 Å². The van der Waals surface area contributed by atoms with Gasteiger partial charge in [-0.2, -0.15) is 0 Å². The van der Waals surface area contributed by atoms with Crippen LogP contribution in [0, 0.1) is 0 Å². The number of carbonyl (C=O) groups excluding carboxylic acids is 1. The Balaban J connectivity index is 2.69. The number of hydrogen-bond acceptors (Lipinski definition) is 2. The van der Waals surface area contributed by atoms with Gasteiger partial charge in [0.05, 0.1) is 12.1 Å². The topological polar surface area (TPSA) is 31.2 Å². The van der Waals surface area contributed by atoms with Crippen molar-refractivity contribution < 1.29 is 9.53 Å². The SMILES string of the molecule is CCOc1cc(C(C)=O)c2ccn(CC)c2c1. The van der Waals surface area contributed by atoms with Crippen LogP contribution < -0.4 is 4.74 Å². The van der Waals surface area contributed by atoms with Gasteiger partial charge in [0.2, 0.25) is 0 Å². The number of ether oxygens (including phenoxy) is 1. The highest BCUT2D eigenvalue weighted by atomic mass is 16.5. The first-order chi connectivity index (χ1) is 8.17. The van der Waals surface area contributed by atoms with Crippen LogP contribution in [-0.2, 0) is 6.54 Å². The number of Topliss-reactive ketones (excluding diaryl/α,β-unsaturated/α-hetero) is 1. The summed E-state index contributed by atoms with van der Waals surface area (Å²) in [6, 6.07) is 5.81. The van der Waals surface area contributed by atoms with E-state index in [0.29, 0.717) is 6.61 Å². The Morgan fingerprint density at radius 2 is 2.12 bits per heavy atom. The predicted molar refractivity (Wildman–Crippen MR) is 68.8 cm³/mol. The maximum absolute atomic E-state index is 11.6. The molecule has 0 amide bonds. The van der Waals surface area contributed by atoms with E-state index in [1.165, 1.54) is 0 Å². The van der Waals surface area contributed by atoms with Crippen LogP contribution in [0.15, 0.2) is 24.4 Å². The van der Waals surface area contributed by atoms with Crippen LogP contribution >= 0.6 is 0 Å². The molecule has 17 heavy (non-hydrogen) atoms. The first kappa shape index (κ1) is 11.7. The van der Waals surface area contributed by atoms with Crippen molar-refractivity contribution in [2.24, 2.45) is 0 Å². The largest absolute Gasteiger partial charge is 0.494 e. The van der Waals surface area contributed by atoms with Gasteiger partial charge in [0.1, 0.15) is 5.75 Å². The second-order valence-corrected chi connectivity index (χ2v) is 3.99. The molecular formula is C14H17NO2. The Morgan fingerprint density at radius 3 is 2.71 bits per heavy atom. The second-order valence-electron chi connectivity index (χ2n) is 3.99. The molecule has 0 aliphatic rings. The number of carbonyl (C=O) groups is 1. The first-order valence-corrected chi connectivity index (χ1v) is 5.94. The summed E-state index contributed by atoms with van der Waals surface area (Å²) in [5.41, 5.74) is 1.79. The Bertz CT molecular complexity index is 555. The van der Waals surface area contributed by atoms with E-state index < -0.39 is 0 Å². The zero-order chi connectivity index (χ0) is 12.4. The average molecular weight is 231 g/mol. The van der Waals surface area contributed by atoms with Crippen molar-refractivity contribution in [3.63, 3.8) is 0 Å². The summed E-state index contributed by atoms with van der Waals surface area (Å²) in [5, 5.41) is 1.00. The number of hydrogen-bond donors (Lipinski definition) is 0. The highest BCUT2D eigenvalue weighted by Crippen LogP contribution is 2.27. The van der Waals surface area contributed by atoms with Crippen LogP contribution in [0.25, 0.3) is 10.9 Å². The number of aromatic nitrogens is 1. The zero-order valence-corrected chi connectivity index (χ0v) is 10.5. The minimum absolute atomic E-state index is 0.0745. The van der Waals surface area contributed by atoms with E-state index in [1.807, 2.05) is 31.3 Å². The van der Waals surface area contributed by atoms with Crippen LogP contribution in [0.3, 0.4) is 0 Å². The van der Waals surface area contributed by atoms with Crippen LogP contribution in [0.2, 0.25) is 0 Å². The Kier molecular flexibility index (Phi) is 3.18. The molecule has 0 saturated carbocycles. The van der Waals surface area contributed by atoms with Crippen molar-refractivity contribution in [2.75, 3.05) is 6.61 Å². The third-order valence-corrected chi connectivity index (χ3v) is 2.89. The molecular weight excluding hydrogens is 214 g/mol. The summed E-state index contributed by atoms with van der Waals surface area (Å²) in [6.07, 6.45) is 2.01. The number of fused-ring (bicyclic) bond motifs is 1. The fourth-order valence-electron chi connectivity index (χ4n) is 2.09. The Morgan fingerprint density at radius 1 is 1.35 bits per heavy atom. The van der Waals surface area contributed by atoms with Gasteiger partial charge in [-0.15, -0.1) is 0 Å². The smallest absolute Gasteiger partial charge is 0.160 e. The molecule has 2 rings (SSSR count). The van der Waals surface area contributed by atoms with Crippen molar-refractivity contribution in [3.05, 3.63) is 30.0 Å². The highest BCUT2D eigenvalue weighted by molar-refractivity contribution is 6.07. The molecule has 1 heterocycles. The summed E-state index contributed by atoms with van der Waals surface area (Å²) in [4.78, 5) is 11.6. The van der Waals surface area contributed by atoms with E-state index in [9.17, 15) is 4.79 Å². The van der Waals surface area contributed by atoms with Crippen molar-refractivity contribution in [1.82, 2.24) is 4.57 Å². The maximum Gasteiger partial charge on any atom is 0.160 e. The number of nitrogens with zero attached hydrogens (tertiary/aromatic N) is 1. The number of benzene rings is 1. The molecule has 0 saturated heterocycles. The second kappa shape index (κ2) is 4.62. The van der Waals surface area contributed by atoms with E-state index in [2.05, 4.69) is 11.5 Å². The lowest BCUT2D eigenvalue weighted by Gasteiger charge is -2.08.